The summed E-state index contributed by atoms with van der Waals surface area (Å²) in [6.07, 6.45) is 2.68. The van der Waals surface area contributed by atoms with Gasteiger partial charge in [0.05, 0.1) is 0 Å². The molecule has 0 saturated carbocycles. The molecule has 0 aliphatic rings. The van der Waals surface area contributed by atoms with Crippen molar-refractivity contribution in [2.75, 3.05) is 14.1 Å². The Hall–Kier alpha value is -1.06. The summed E-state index contributed by atoms with van der Waals surface area (Å²) < 4.78 is 0. The molecule has 4 nitrogen and oxygen atoms in total. The Balaban J connectivity index is 3.84. The second kappa shape index (κ2) is 4.78. The van der Waals surface area contributed by atoms with Crippen molar-refractivity contribution in [1.82, 2.24) is 5.01 Å². The van der Waals surface area contributed by atoms with Gasteiger partial charge in [-0.3, -0.25) is 4.99 Å². The lowest BCUT2D eigenvalue weighted by Gasteiger charge is -2.09. The molecule has 10 heavy (non-hydrogen) atoms. The molecule has 0 amide bonds. The lowest BCUT2D eigenvalue weighted by molar-refractivity contribution is 0.538. The van der Waals surface area contributed by atoms with E-state index in [0.29, 0.717) is 5.96 Å². The molecule has 0 aliphatic carbocycles. The normalized spacial score (nSPS) is 12.5. The highest BCUT2D eigenvalue weighted by Gasteiger charge is 1.92. The summed E-state index contributed by atoms with van der Waals surface area (Å²) in [6.45, 7) is 2.01. The van der Waals surface area contributed by atoms with Crippen LogP contribution in [0.15, 0.2) is 10.1 Å². The molecule has 0 rings (SSSR count). The third-order valence-corrected chi connectivity index (χ3v) is 0.998. The molecule has 0 atom stereocenters. The first-order chi connectivity index (χ1) is 4.72. The fourth-order valence-electron chi connectivity index (χ4n) is 0.408. The van der Waals surface area contributed by atoms with Crippen LogP contribution in [0.2, 0.25) is 0 Å². The molecule has 0 aromatic rings. The van der Waals surface area contributed by atoms with Crippen LogP contribution in [0.25, 0.3) is 0 Å². The number of nitrogens with zero attached hydrogens (tertiary/aromatic N) is 3. The number of hydrogen-bond donors (Lipinski definition) is 1. The standard InChI is InChI=1S/C6H14N4/c1-4-5-9-10(3)6(7)8-2/h5H,4H2,1-3H3,(H2,7,8)/b9-5+. The highest BCUT2D eigenvalue weighted by Crippen LogP contribution is 1.81. The molecule has 0 heterocycles. The summed E-state index contributed by atoms with van der Waals surface area (Å²) in [5.74, 6) is 0.421. The molecule has 4 heteroatoms. The van der Waals surface area contributed by atoms with Crippen molar-refractivity contribution < 1.29 is 0 Å². The van der Waals surface area contributed by atoms with Crippen LogP contribution in [-0.2, 0) is 0 Å². The molecular formula is C6H14N4. The minimum Gasteiger partial charge on any atom is -0.368 e. The average Bonchev–Trinajstić information content (AvgIpc) is 1.98. The first-order valence-electron chi connectivity index (χ1n) is 3.20. The zero-order valence-corrected chi connectivity index (χ0v) is 6.70. The van der Waals surface area contributed by atoms with E-state index < -0.39 is 0 Å². The van der Waals surface area contributed by atoms with Gasteiger partial charge in [0.25, 0.3) is 0 Å². The van der Waals surface area contributed by atoms with E-state index in [1.807, 2.05) is 6.92 Å². The first-order valence-corrected chi connectivity index (χ1v) is 3.20. The number of nitrogens with two attached hydrogens (primary N) is 1. The number of guanidine groups is 1. The van der Waals surface area contributed by atoms with Crippen molar-refractivity contribution >= 4 is 12.2 Å². The van der Waals surface area contributed by atoms with Crippen LogP contribution in [0, 0.1) is 0 Å². The van der Waals surface area contributed by atoms with E-state index in [1.54, 1.807) is 20.3 Å². The van der Waals surface area contributed by atoms with Crippen LogP contribution in [0.5, 0.6) is 0 Å². The van der Waals surface area contributed by atoms with Crippen LogP contribution >= 0.6 is 0 Å². The van der Waals surface area contributed by atoms with Gasteiger partial charge in [-0.1, -0.05) is 6.92 Å². The SMILES string of the molecule is CC/C=N/N(C)C(N)=NC. The van der Waals surface area contributed by atoms with Gasteiger partial charge < -0.3 is 5.73 Å². The van der Waals surface area contributed by atoms with Crippen molar-refractivity contribution in [3.05, 3.63) is 0 Å². The largest absolute Gasteiger partial charge is 0.368 e. The number of rotatable bonds is 2. The lowest BCUT2D eigenvalue weighted by atomic mass is 10.6. The van der Waals surface area contributed by atoms with E-state index in [4.69, 9.17) is 5.73 Å². The van der Waals surface area contributed by atoms with Crippen LogP contribution in [0.4, 0.5) is 0 Å². The van der Waals surface area contributed by atoms with Crippen molar-refractivity contribution in [1.29, 1.82) is 0 Å². The average molecular weight is 142 g/mol. The topological polar surface area (TPSA) is 54.0 Å². The van der Waals surface area contributed by atoms with E-state index in [0.717, 1.165) is 6.42 Å². The Morgan fingerprint density at radius 3 is 2.70 bits per heavy atom. The Kier molecular flexibility index (Phi) is 4.28. The van der Waals surface area contributed by atoms with Crippen molar-refractivity contribution in [3.63, 3.8) is 0 Å². The number of aliphatic imine (C=N–C) groups is 1. The van der Waals surface area contributed by atoms with Gasteiger partial charge in [0, 0.05) is 20.3 Å². The predicted octanol–water partition coefficient (Wildman–Crippen LogP) is 0.259. The number of hydrogen-bond acceptors (Lipinski definition) is 2. The molecule has 0 bridgehead atoms. The summed E-state index contributed by atoms with van der Waals surface area (Å²) in [5.41, 5.74) is 5.42. The highest BCUT2D eigenvalue weighted by molar-refractivity contribution is 5.78. The fraction of sp³-hybridized carbons (Fsp3) is 0.667. The minimum absolute atomic E-state index is 0.421. The zero-order valence-electron chi connectivity index (χ0n) is 6.70. The molecule has 0 fully saturated rings. The van der Waals surface area contributed by atoms with Gasteiger partial charge in [-0.2, -0.15) is 5.10 Å². The third-order valence-electron chi connectivity index (χ3n) is 0.998. The number of hydrazone groups is 1. The molecule has 0 aliphatic heterocycles. The van der Waals surface area contributed by atoms with E-state index in [2.05, 4.69) is 10.1 Å². The summed E-state index contributed by atoms with van der Waals surface area (Å²) in [6, 6.07) is 0. The Bertz CT molecular complexity index is 139. The van der Waals surface area contributed by atoms with Gasteiger partial charge in [0.2, 0.25) is 5.96 Å². The van der Waals surface area contributed by atoms with E-state index in [9.17, 15) is 0 Å². The molecule has 0 radical (unpaired) electrons. The second-order valence-electron chi connectivity index (χ2n) is 1.81. The van der Waals surface area contributed by atoms with E-state index >= 15 is 0 Å². The summed E-state index contributed by atoms with van der Waals surface area (Å²) in [7, 11) is 3.39. The molecule has 0 spiro atoms. The van der Waals surface area contributed by atoms with Crippen molar-refractivity contribution in [2.24, 2.45) is 15.8 Å². The molecular weight excluding hydrogens is 128 g/mol. The third kappa shape index (κ3) is 3.06. The second-order valence-corrected chi connectivity index (χ2v) is 1.81. The Morgan fingerprint density at radius 2 is 2.30 bits per heavy atom. The zero-order chi connectivity index (χ0) is 7.98. The summed E-state index contributed by atoms with van der Waals surface area (Å²) in [5, 5.41) is 5.50. The van der Waals surface area contributed by atoms with Gasteiger partial charge in [0.1, 0.15) is 0 Å². The minimum atomic E-state index is 0.421. The smallest absolute Gasteiger partial charge is 0.211 e. The van der Waals surface area contributed by atoms with Crippen LogP contribution in [0.1, 0.15) is 13.3 Å². The Morgan fingerprint density at radius 1 is 1.70 bits per heavy atom. The maximum Gasteiger partial charge on any atom is 0.211 e. The van der Waals surface area contributed by atoms with Crippen LogP contribution in [-0.4, -0.2) is 31.3 Å². The van der Waals surface area contributed by atoms with E-state index in [1.165, 1.54) is 5.01 Å². The van der Waals surface area contributed by atoms with Crippen molar-refractivity contribution in [2.45, 2.75) is 13.3 Å². The van der Waals surface area contributed by atoms with Gasteiger partial charge in [0.15, 0.2) is 0 Å². The summed E-state index contributed by atoms with van der Waals surface area (Å²) in [4.78, 5) is 3.75. The molecule has 0 aromatic carbocycles. The van der Waals surface area contributed by atoms with Gasteiger partial charge in [-0.05, 0) is 6.42 Å². The Labute approximate surface area is 61.4 Å². The fourth-order valence-corrected chi connectivity index (χ4v) is 0.408. The van der Waals surface area contributed by atoms with Crippen LogP contribution in [0.3, 0.4) is 0 Å². The van der Waals surface area contributed by atoms with Gasteiger partial charge in [-0.25, -0.2) is 5.01 Å². The molecule has 0 unspecified atom stereocenters. The summed E-state index contributed by atoms with van der Waals surface area (Å²) >= 11 is 0. The van der Waals surface area contributed by atoms with Crippen molar-refractivity contribution in [3.8, 4) is 0 Å². The van der Waals surface area contributed by atoms with Gasteiger partial charge in [-0.15, -0.1) is 0 Å². The molecule has 58 valence electrons. The maximum atomic E-state index is 5.42. The molecule has 0 saturated heterocycles. The predicted molar refractivity (Wildman–Crippen MR) is 44.1 cm³/mol. The van der Waals surface area contributed by atoms with E-state index in [-0.39, 0.29) is 0 Å². The van der Waals surface area contributed by atoms with Crippen LogP contribution < -0.4 is 5.73 Å². The molecule has 0 aromatic heterocycles. The molecule has 2 N–H and O–H groups in total. The van der Waals surface area contributed by atoms with Gasteiger partial charge >= 0.3 is 0 Å². The lowest BCUT2D eigenvalue weighted by Crippen LogP contribution is -2.29. The monoisotopic (exact) mass is 142 g/mol. The quantitative estimate of drug-likeness (QED) is 0.341. The first kappa shape index (κ1) is 8.94. The highest BCUT2D eigenvalue weighted by atomic mass is 15.5. The maximum absolute atomic E-state index is 5.42.